The second-order valence-electron chi connectivity index (χ2n) is 3.45. The Bertz CT molecular complexity index is 364. The molecule has 72 valence electrons. The van der Waals surface area contributed by atoms with Crippen molar-refractivity contribution in [1.29, 1.82) is 0 Å². The zero-order valence-electron chi connectivity index (χ0n) is 8.12. The maximum absolute atomic E-state index is 11.0. The largest absolute Gasteiger partial charge is 0.466 e. The Morgan fingerprint density at radius 2 is 1.86 bits per heavy atom. The molecule has 0 atom stereocenters. The molecule has 2 nitrogen and oxygen atoms in total. The molecule has 0 aliphatic heterocycles. The molecule has 1 aliphatic carbocycles. The number of methoxy groups -OCH3 is 1. The number of benzene rings is 1. The van der Waals surface area contributed by atoms with Crippen molar-refractivity contribution < 1.29 is 9.53 Å². The number of hydrogen-bond donors (Lipinski definition) is 0. The zero-order valence-corrected chi connectivity index (χ0v) is 8.12. The van der Waals surface area contributed by atoms with Gasteiger partial charge in [0.05, 0.1) is 7.11 Å². The topological polar surface area (TPSA) is 26.3 Å². The second kappa shape index (κ2) is 3.66. The van der Waals surface area contributed by atoms with Gasteiger partial charge in [0.2, 0.25) is 0 Å². The van der Waals surface area contributed by atoms with Gasteiger partial charge in [-0.05, 0) is 24.0 Å². The summed E-state index contributed by atoms with van der Waals surface area (Å²) in [6, 6.07) is 8.26. The summed E-state index contributed by atoms with van der Waals surface area (Å²) in [5.74, 6) is -0.257. The van der Waals surface area contributed by atoms with E-state index in [-0.39, 0.29) is 5.97 Å². The van der Waals surface area contributed by atoms with E-state index in [1.807, 2.05) is 12.1 Å². The molecule has 1 aromatic carbocycles. The van der Waals surface area contributed by atoms with Crippen molar-refractivity contribution >= 4 is 5.97 Å². The van der Waals surface area contributed by atoms with E-state index in [1.54, 1.807) is 6.08 Å². The van der Waals surface area contributed by atoms with Gasteiger partial charge in [-0.25, -0.2) is 4.79 Å². The second-order valence-corrected chi connectivity index (χ2v) is 3.45. The minimum absolute atomic E-state index is 0.257. The molecule has 0 spiro atoms. The maximum atomic E-state index is 11.0. The minimum Gasteiger partial charge on any atom is -0.466 e. The van der Waals surface area contributed by atoms with Gasteiger partial charge >= 0.3 is 5.97 Å². The number of esters is 1. The van der Waals surface area contributed by atoms with Crippen molar-refractivity contribution in [2.75, 3.05) is 7.11 Å². The van der Waals surface area contributed by atoms with Crippen LogP contribution >= 0.6 is 0 Å². The Morgan fingerprint density at radius 3 is 2.36 bits per heavy atom. The quantitative estimate of drug-likeness (QED) is 0.497. The van der Waals surface area contributed by atoms with Gasteiger partial charge in [0.25, 0.3) is 0 Å². The SMILES string of the molecule is COC(=O)C=C1Cc2ccccc2C1. The molecule has 2 rings (SSSR count). The van der Waals surface area contributed by atoms with E-state index in [0.29, 0.717) is 0 Å². The lowest BCUT2D eigenvalue weighted by Gasteiger charge is -1.94. The monoisotopic (exact) mass is 188 g/mol. The molecule has 0 radical (unpaired) electrons. The third-order valence-corrected chi connectivity index (χ3v) is 2.48. The lowest BCUT2D eigenvalue weighted by Crippen LogP contribution is -1.97. The van der Waals surface area contributed by atoms with Crippen molar-refractivity contribution in [3.05, 3.63) is 47.0 Å². The molecule has 0 N–H and O–H groups in total. The van der Waals surface area contributed by atoms with Gasteiger partial charge in [0, 0.05) is 6.08 Å². The van der Waals surface area contributed by atoms with Crippen LogP contribution in [0, 0.1) is 0 Å². The smallest absolute Gasteiger partial charge is 0.330 e. The van der Waals surface area contributed by atoms with Crippen molar-refractivity contribution in [2.45, 2.75) is 12.8 Å². The molecule has 0 fully saturated rings. The van der Waals surface area contributed by atoms with Crippen LogP contribution in [-0.2, 0) is 22.4 Å². The molecule has 0 unspecified atom stereocenters. The summed E-state index contributed by atoms with van der Waals surface area (Å²) in [6.45, 7) is 0. The first kappa shape index (κ1) is 9.00. The summed E-state index contributed by atoms with van der Waals surface area (Å²) < 4.78 is 4.60. The lowest BCUT2D eigenvalue weighted by molar-refractivity contribution is -0.134. The first-order chi connectivity index (χ1) is 6.79. The third-order valence-electron chi connectivity index (χ3n) is 2.48. The summed E-state index contributed by atoms with van der Waals surface area (Å²) in [5, 5.41) is 0. The van der Waals surface area contributed by atoms with E-state index < -0.39 is 0 Å². The number of carbonyl (C=O) groups is 1. The Hall–Kier alpha value is -1.57. The van der Waals surface area contributed by atoms with E-state index in [9.17, 15) is 4.79 Å². The van der Waals surface area contributed by atoms with Crippen LogP contribution in [0.1, 0.15) is 11.1 Å². The fourth-order valence-corrected chi connectivity index (χ4v) is 1.78. The van der Waals surface area contributed by atoms with Crippen molar-refractivity contribution in [3.8, 4) is 0 Å². The summed E-state index contributed by atoms with van der Waals surface area (Å²) in [6.07, 6.45) is 3.36. The van der Waals surface area contributed by atoms with Gasteiger partial charge in [0.15, 0.2) is 0 Å². The number of hydrogen-bond acceptors (Lipinski definition) is 2. The van der Waals surface area contributed by atoms with E-state index in [1.165, 1.54) is 18.2 Å². The van der Waals surface area contributed by atoms with Crippen LogP contribution in [0.5, 0.6) is 0 Å². The maximum Gasteiger partial charge on any atom is 0.330 e. The number of carbonyl (C=O) groups excluding carboxylic acids is 1. The predicted molar refractivity (Wildman–Crippen MR) is 53.9 cm³/mol. The third kappa shape index (κ3) is 1.69. The molecule has 1 aliphatic rings. The van der Waals surface area contributed by atoms with Crippen molar-refractivity contribution in [2.24, 2.45) is 0 Å². The molecule has 14 heavy (non-hydrogen) atoms. The fraction of sp³-hybridized carbons (Fsp3) is 0.250. The van der Waals surface area contributed by atoms with Crippen LogP contribution in [-0.4, -0.2) is 13.1 Å². The number of fused-ring (bicyclic) bond motifs is 1. The molecular weight excluding hydrogens is 176 g/mol. The highest BCUT2D eigenvalue weighted by molar-refractivity contribution is 5.83. The van der Waals surface area contributed by atoms with Crippen LogP contribution < -0.4 is 0 Å². The highest BCUT2D eigenvalue weighted by atomic mass is 16.5. The summed E-state index contributed by atoms with van der Waals surface area (Å²) in [5.41, 5.74) is 3.78. The van der Waals surface area contributed by atoms with Crippen LogP contribution in [0.4, 0.5) is 0 Å². The molecule has 0 amide bonds. The molecule has 0 saturated heterocycles. The first-order valence-electron chi connectivity index (χ1n) is 4.64. The van der Waals surface area contributed by atoms with E-state index in [0.717, 1.165) is 18.4 Å². The molecule has 0 heterocycles. The molecule has 1 aromatic rings. The Labute approximate surface area is 83.2 Å². The molecular formula is C12H12O2. The van der Waals surface area contributed by atoms with Crippen LogP contribution in [0.2, 0.25) is 0 Å². The minimum atomic E-state index is -0.257. The Kier molecular flexibility index (Phi) is 2.35. The average Bonchev–Trinajstić information content (AvgIpc) is 2.59. The first-order valence-corrected chi connectivity index (χ1v) is 4.64. The summed E-state index contributed by atoms with van der Waals surface area (Å²) in [4.78, 5) is 11.0. The van der Waals surface area contributed by atoms with Gasteiger partial charge in [-0.3, -0.25) is 0 Å². The van der Waals surface area contributed by atoms with Gasteiger partial charge < -0.3 is 4.74 Å². The van der Waals surface area contributed by atoms with Crippen molar-refractivity contribution in [3.63, 3.8) is 0 Å². The van der Waals surface area contributed by atoms with Gasteiger partial charge in [-0.15, -0.1) is 0 Å². The average molecular weight is 188 g/mol. The molecule has 0 saturated carbocycles. The Balaban J connectivity index is 2.19. The van der Waals surface area contributed by atoms with E-state index >= 15 is 0 Å². The number of ether oxygens (including phenoxy) is 1. The van der Waals surface area contributed by atoms with Gasteiger partial charge in [-0.1, -0.05) is 29.8 Å². The number of rotatable bonds is 1. The summed E-state index contributed by atoms with van der Waals surface area (Å²) in [7, 11) is 1.40. The fourth-order valence-electron chi connectivity index (χ4n) is 1.78. The van der Waals surface area contributed by atoms with Gasteiger partial charge in [0.1, 0.15) is 0 Å². The standard InChI is InChI=1S/C12H12O2/c1-14-12(13)8-9-6-10-4-2-3-5-11(10)7-9/h2-5,8H,6-7H2,1H3. The predicted octanol–water partition coefficient (Wildman–Crippen LogP) is 1.88. The molecule has 0 aromatic heterocycles. The summed E-state index contributed by atoms with van der Waals surface area (Å²) >= 11 is 0. The number of allylic oxidation sites excluding steroid dienone is 1. The van der Waals surface area contributed by atoms with Gasteiger partial charge in [-0.2, -0.15) is 0 Å². The van der Waals surface area contributed by atoms with Crippen LogP contribution in [0.3, 0.4) is 0 Å². The Morgan fingerprint density at radius 1 is 1.29 bits per heavy atom. The zero-order chi connectivity index (χ0) is 9.97. The highest BCUT2D eigenvalue weighted by Gasteiger charge is 2.15. The molecule has 0 bridgehead atoms. The molecule has 2 heteroatoms. The van der Waals surface area contributed by atoms with E-state index in [2.05, 4.69) is 16.9 Å². The van der Waals surface area contributed by atoms with Crippen LogP contribution in [0.15, 0.2) is 35.9 Å². The lowest BCUT2D eigenvalue weighted by atomic mass is 10.1. The van der Waals surface area contributed by atoms with E-state index in [4.69, 9.17) is 0 Å². The van der Waals surface area contributed by atoms with Crippen molar-refractivity contribution in [1.82, 2.24) is 0 Å². The normalized spacial score (nSPS) is 13.6. The highest BCUT2D eigenvalue weighted by Crippen LogP contribution is 2.25. The van der Waals surface area contributed by atoms with Crippen LogP contribution in [0.25, 0.3) is 0 Å².